The number of rotatable bonds is 12. The summed E-state index contributed by atoms with van der Waals surface area (Å²) in [5.41, 5.74) is 12.9. The van der Waals surface area contributed by atoms with Crippen LogP contribution in [0.3, 0.4) is 0 Å². The lowest BCUT2D eigenvalue weighted by molar-refractivity contribution is 0.107. The molecule has 4 unspecified atom stereocenters. The van der Waals surface area contributed by atoms with Crippen molar-refractivity contribution in [2.45, 2.75) is 71.4 Å². The molecule has 0 spiro atoms. The number of hydrogen-bond acceptors (Lipinski definition) is 2. The molecule has 3 N–H and O–H groups in total. The van der Waals surface area contributed by atoms with E-state index in [1.807, 2.05) is 13.0 Å². The third-order valence-electron chi connectivity index (χ3n) is 6.79. The van der Waals surface area contributed by atoms with E-state index in [9.17, 15) is 5.11 Å². The molecular formula is C29H41NO. The first kappa shape index (κ1) is 25.1. The van der Waals surface area contributed by atoms with Gasteiger partial charge in [-0.3, -0.25) is 0 Å². The van der Waals surface area contributed by atoms with Crippen LogP contribution in [0.4, 0.5) is 0 Å². The molecule has 5 atom stereocenters. The Kier molecular flexibility index (Phi) is 9.74. The van der Waals surface area contributed by atoms with E-state index in [2.05, 4.69) is 82.5 Å². The van der Waals surface area contributed by atoms with Crippen LogP contribution in [0.1, 0.15) is 80.7 Å². The van der Waals surface area contributed by atoms with Crippen LogP contribution >= 0.6 is 0 Å². The lowest BCUT2D eigenvalue weighted by Gasteiger charge is -2.32. The van der Waals surface area contributed by atoms with Crippen molar-refractivity contribution in [3.63, 3.8) is 0 Å². The number of allylic oxidation sites excluding steroid dienone is 1. The predicted molar refractivity (Wildman–Crippen MR) is 135 cm³/mol. The Morgan fingerprint density at radius 2 is 1.77 bits per heavy atom. The molecule has 0 fully saturated rings. The number of aliphatic hydroxyl groups is 1. The monoisotopic (exact) mass is 419 g/mol. The Morgan fingerprint density at radius 3 is 2.35 bits per heavy atom. The average molecular weight is 420 g/mol. The molecule has 2 heteroatoms. The molecule has 2 rings (SSSR count). The molecule has 0 heterocycles. The minimum absolute atomic E-state index is 0.117. The second-order valence-corrected chi connectivity index (χ2v) is 9.13. The molecule has 168 valence electrons. The van der Waals surface area contributed by atoms with Gasteiger partial charge in [-0.1, -0.05) is 99.7 Å². The zero-order chi connectivity index (χ0) is 23.0. The molecular weight excluding hydrogens is 378 g/mol. The fourth-order valence-corrected chi connectivity index (χ4v) is 4.47. The molecule has 0 aliphatic rings. The van der Waals surface area contributed by atoms with Gasteiger partial charge in [0.05, 0.1) is 6.10 Å². The maximum atomic E-state index is 10.1. The van der Waals surface area contributed by atoms with E-state index in [1.165, 1.54) is 16.7 Å². The maximum Gasteiger partial charge on any atom is 0.0563 e. The van der Waals surface area contributed by atoms with Crippen LogP contribution in [0, 0.1) is 18.8 Å². The molecule has 2 aromatic rings. The van der Waals surface area contributed by atoms with E-state index in [0.717, 1.165) is 36.8 Å². The van der Waals surface area contributed by atoms with Crippen LogP contribution in [0.25, 0.3) is 6.08 Å². The Hall–Kier alpha value is -2.16. The third kappa shape index (κ3) is 6.92. The Morgan fingerprint density at radius 1 is 1.10 bits per heavy atom. The summed E-state index contributed by atoms with van der Waals surface area (Å²) in [6.07, 6.45) is 5.49. The second kappa shape index (κ2) is 12.0. The van der Waals surface area contributed by atoms with Crippen LogP contribution in [0.2, 0.25) is 0 Å². The molecule has 31 heavy (non-hydrogen) atoms. The van der Waals surface area contributed by atoms with Gasteiger partial charge in [0, 0.05) is 12.0 Å². The standard InChI is InChI=1S/C29H41NO/c1-7-24-15-17-25(18-16-24)29(30)28(26-14-9-11-20(3)19-26)23(6)21(4)12-10-13-22(5)27(31)8-2/h7,9,11,14-19,22-23,27-29,31H,1,4,8,10,12-13,30H2,2-3,5-6H3/t22-,23?,27?,28?,29?/m1/s1. The highest BCUT2D eigenvalue weighted by atomic mass is 16.3. The largest absolute Gasteiger partial charge is 0.393 e. The van der Waals surface area contributed by atoms with Crippen LogP contribution in [-0.4, -0.2) is 11.2 Å². The zero-order valence-corrected chi connectivity index (χ0v) is 19.9. The second-order valence-electron chi connectivity index (χ2n) is 9.13. The van der Waals surface area contributed by atoms with Crippen molar-refractivity contribution in [3.05, 3.63) is 89.5 Å². The van der Waals surface area contributed by atoms with Crippen molar-refractivity contribution in [2.24, 2.45) is 17.6 Å². The van der Waals surface area contributed by atoms with E-state index in [4.69, 9.17) is 5.73 Å². The SMILES string of the molecule is C=Cc1ccc(C(N)C(c2cccc(C)c2)C(C)C(=C)CCC[C@@H](C)C(O)CC)cc1. The Labute approximate surface area is 189 Å². The summed E-state index contributed by atoms with van der Waals surface area (Å²) < 4.78 is 0. The minimum Gasteiger partial charge on any atom is -0.393 e. The number of benzene rings is 2. The summed E-state index contributed by atoms with van der Waals surface area (Å²) in [6.45, 7) is 16.9. The molecule has 0 radical (unpaired) electrons. The summed E-state index contributed by atoms with van der Waals surface area (Å²) in [4.78, 5) is 0. The van der Waals surface area contributed by atoms with Gasteiger partial charge < -0.3 is 10.8 Å². The lowest BCUT2D eigenvalue weighted by Crippen LogP contribution is -2.26. The molecule has 0 bridgehead atoms. The van der Waals surface area contributed by atoms with Gasteiger partial charge in [0.1, 0.15) is 0 Å². The summed E-state index contributed by atoms with van der Waals surface area (Å²) >= 11 is 0. The Balaban J connectivity index is 2.21. The highest BCUT2D eigenvalue weighted by Crippen LogP contribution is 2.40. The van der Waals surface area contributed by atoms with Crippen molar-refractivity contribution in [1.29, 1.82) is 0 Å². The zero-order valence-electron chi connectivity index (χ0n) is 19.9. The van der Waals surface area contributed by atoms with Crippen LogP contribution in [-0.2, 0) is 0 Å². The topological polar surface area (TPSA) is 46.2 Å². The van der Waals surface area contributed by atoms with Crippen molar-refractivity contribution in [1.82, 2.24) is 0 Å². The molecule has 0 amide bonds. The molecule has 0 saturated heterocycles. The third-order valence-corrected chi connectivity index (χ3v) is 6.79. The molecule has 0 aliphatic carbocycles. The molecule has 0 saturated carbocycles. The summed E-state index contributed by atoms with van der Waals surface area (Å²) in [5, 5.41) is 10.1. The van der Waals surface area contributed by atoms with Gasteiger partial charge in [0.25, 0.3) is 0 Å². The van der Waals surface area contributed by atoms with Gasteiger partial charge >= 0.3 is 0 Å². The maximum absolute atomic E-state index is 10.1. The van der Waals surface area contributed by atoms with Gasteiger partial charge in [-0.05, 0) is 61.1 Å². The van der Waals surface area contributed by atoms with E-state index in [1.54, 1.807) is 0 Å². The van der Waals surface area contributed by atoms with E-state index >= 15 is 0 Å². The fourth-order valence-electron chi connectivity index (χ4n) is 4.47. The first-order valence-corrected chi connectivity index (χ1v) is 11.7. The van der Waals surface area contributed by atoms with Gasteiger partial charge in [0.15, 0.2) is 0 Å². The molecule has 2 nitrogen and oxygen atoms in total. The fraction of sp³-hybridized carbons (Fsp3) is 0.448. The van der Waals surface area contributed by atoms with Gasteiger partial charge in [-0.2, -0.15) is 0 Å². The number of aliphatic hydroxyl groups excluding tert-OH is 1. The lowest BCUT2D eigenvalue weighted by atomic mass is 9.75. The van der Waals surface area contributed by atoms with E-state index < -0.39 is 0 Å². The highest BCUT2D eigenvalue weighted by Gasteiger charge is 2.29. The highest BCUT2D eigenvalue weighted by molar-refractivity contribution is 5.48. The predicted octanol–water partition coefficient (Wildman–Crippen LogP) is 7.19. The number of hydrogen-bond donors (Lipinski definition) is 2. The molecule has 0 aliphatic heterocycles. The van der Waals surface area contributed by atoms with Gasteiger partial charge in [-0.15, -0.1) is 0 Å². The van der Waals surface area contributed by atoms with E-state index in [-0.39, 0.29) is 24.0 Å². The van der Waals surface area contributed by atoms with Crippen LogP contribution in [0.5, 0.6) is 0 Å². The van der Waals surface area contributed by atoms with Crippen molar-refractivity contribution in [3.8, 4) is 0 Å². The quantitative estimate of drug-likeness (QED) is 0.358. The molecule has 0 aromatic heterocycles. The van der Waals surface area contributed by atoms with Crippen molar-refractivity contribution in [2.75, 3.05) is 0 Å². The number of aryl methyl sites for hydroxylation is 1. The summed E-state index contributed by atoms with van der Waals surface area (Å²) in [7, 11) is 0. The smallest absolute Gasteiger partial charge is 0.0563 e. The number of nitrogens with two attached hydrogens (primary N) is 1. The molecule has 2 aromatic carbocycles. The first-order chi connectivity index (χ1) is 14.8. The van der Waals surface area contributed by atoms with E-state index in [0.29, 0.717) is 5.92 Å². The minimum atomic E-state index is -0.210. The normalized spacial score (nSPS) is 16.2. The van der Waals surface area contributed by atoms with Gasteiger partial charge in [-0.25, -0.2) is 0 Å². The summed E-state index contributed by atoms with van der Waals surface area (Å²) in [5.74, 6) is 0.731. The first-order valence-electron chi connectivity index (χ1n) is 11.7. The van der Waals surface area contributed by atoms with Crippen LogP contribution in [0.15, 0.2) is 67.3 Å². The van der Waals surface area contributed by atoms with Crippen molar-refractivity contribution >= 4 is 6.08 Å². The van der Waals surface area contributed by atoms with Crippen molar-refractivity contribution < 1.29 is 5.11 Å². The summed E-state index contributed by atoms with van der Waals surface area (Å²) in [6, 6.07) is 17.0. The van der Waals surface area contributed by atoms with Crippen LogP contribution < -0.4 is 5.73 Å². The Bertz CT molecular complexity index is 838. The average Bonchev–Trinajstić information content (AvgIpc) is 2.78. The van der Waals surface area contributed by atoms with Gasteiger partial charge in [0.2, 0.25) is 0 Å².